The van der Waals surface area contributed by atoms with Crippen LogP contribution in [0.25, 0.3) is 5.65 Å². The maximum Gasteiger partial charge on any atom is 0.137 e. The van der Waals surface area contributed by atoms with Gasteiger partial charge in [-0.05, 0) is 50.0 Å². The topological polar surface area (TPSA) is 40.8 Å². The third-order valence-corrected chi connectivity index (χ3v) is 5.54. The van der Waals surface area contributed by atoms with Gasteiger partial charge in [0.15, 0.2) is 0 Å². The van der Waals surface area contributed by atoms with Gasteiger partial charge in [-0.15, -0.1) is 0 Å². The molecule has 0 aliphatic carbocycles. The SMILES string of the molecule is Cc1ccc2nc(CN3CCC(CO)(c4ccccc4)CC3)cn2c1. The van der Waals surface area contributed by atoms with Gasteiger partial charge in [0.05, 0.1) is 12.3 Å². The van der Waals surface area contributed by atoms with Crippen LogP contribution in [0.2, 0.25) is 0 Å². The van der Waals surface area contributed by atoms with Gasteiger partial charge in [0.25, 0.3) is 0 Å². The zero-order chi connectivity index (χ0) is 17.3. The molecule has 0 unspecified atom stereocenters. The third kappa shape index (κ3) is 3.20. The zero-order valence-electron chi connectivity index (χ0n) is 14.7. The second-order valence-corrected chi connectivity index (χ2v) is 7.28. The largest absolute Gasteiger partial charge is 0.395 e. The second-order valence-electron chi connectivity index (χ2n) is 7.28. The van der Waals surface area contributed by atoms with Crippen molar-refractivity contribution in [1.29, 1.82) is 0 Å². The Morgan fingerprint density at radius 1 is 1.04 bits per heavy atom. The van der Waals surface area contributed by atoms with Crippen LogP contribution in [0.15, 0.2) is 54.9 Å². The Morgan fingerprint density at radius 2 is 1.80 bits per heavy atom. The predicted octanol–water partition coefficient (Wildman–Crippen LogP) is 3.17. The van der Waals surface area contributed by atoms with Crippen molar-refractivity contribution in [3.63, 3.8) is 0 Å². The molecule has 0 saturated carbocycles. The van der Waals surface area contributed by atoms with Gasteiger partial charge >= 0.3 is 0 Å². The molecule has 0 amide bonds. The minimum atomic E-state index is -0.0895. The van der Waals surface area contributed by atoms with Crippen LogP contribution in [0.3, 0.4) is 0 Å². The van der Waals surface area contributed by atoms with Gasteiger partial charge < -0.3 is 9.51 Å². The lowest BCUT2D eigenvalue weighted by Gasteiger charge is -2.41. The monoisotopic (exact) mass is 335 g/mol. The Labute approximate surface area is 148 Å². The smallest absolute Gasteiger partial charge is 0.137 e. The number of aryl methyl sites for hydroxylation is 1. The van der Waals surface area contributed by atoms with E-state index in [2.05, 4.69) is 65.0 Å². The van der Waals surface area contributed by atoms with E-state index in [0.717, 1.165) is 43.8 Å². The summed E-state index contributed by atoms with van der Waals surface area (Å²) < 4.78 is 2.11. The third-order valence-electron chi connectivity index (χ3n) is 5.54. The van der Waals surface area contributed by atoms with Crippen LogP contribution in [-0.2, 0) is 12.0 Å². The van der Waals surface area contributed by atoms with Crippen molar-refractivity contribution in [2.75, 3.05) is 19.7 Å². The van der Waals surface area contributed by atoms with E-state index in [1.807, 2.05) is 6.07 Å². The number of nitrogens with zero attached hydrogens (tertiary/aromatic N) is 3. The highest BCUT2D eigenvalue weighted by molar-refractivity contribution is 5.41. The number of aliphatic hydroxyl groups is 1. The molecule has 130 valence electrons. The van der Waals surface area contributed by atoms with E-state index in [4.69, 9.17) is 4.98 Å². The molecule has 1 saturated heterocycles. The molecule has 1 aliphatic heterocycles. The van der Waals surface area contributed by atoms with Crippen molar-refractivity contribution in [2.24, 2.45) is 0 Å². The molecular weight excluding hydrogens is 310 g/mol. The quantitative estimate of drug-likeness (QED) is 0.796. The summed E-state index contributed by atoms with van der Waals surface area (Å²) >= 11 is 0. The molecule has 0 radical (unpaired) electrons. The highest BCUT2D eigenvalue weighted by Crippen LogP contribution is 2.35. The van der Waals surface area contributed by atoms with E-state index in [-0.39, 0.29) is 12.0 Å². The van der Waals surface area contributed by atoms with Crippen LogP contribution in [0.5, 0.6) is 0 Å². The van der Waals surface area contributed by atoms with E-state index in [0.29, 0.717) is 0 Å². The van der Waals surface area contributed by atoms with Crippen molar-refractivity contribution in [1.82, 2.24) is 14.3 Å². The minimum absolute atomic E-state index is 0.0895. The predicted molar refractivity (Wildman–Crippen MR) is 99.6 cm³/mol. The van der Waals surface area contributed by atoms with Crippen LogP contribution < -0.4 is 0 Å². The van der Waals surface area contributed by atoms with Crippen molar-refractivity contribution in [3.8, 4) is 0 Å². The molecule has 0 atom stereocenters. The lowest BCUT2D eigenvalue weighted by Crippen LogP contribution is -2.44. The average Bonchev–Trinajstić information content (AvgIpc) is 3.04. The molecule has 1 aromatic carbocycles. The van der Waals surface area contributed by atoms with Gasteiger partial charge in [-0.2, -0.15) is 0 Å². The summed E-state index contributed by atoms with van der Waals surface area (Å²) in [7, 11) is 0. The van der Waals surface area contributed by atoms with Crippen LogP contribution in [0.4, 0.5) is 0 Å². The Hall–Kier alpha value is -2.17. The maximum absolute atomic E-state index is 10.1. The molecule has 4 nitrogen and oxygen atoms in total. The highest BCUT2D eigenvalue weighted by Gasteiger charge is 2.35. The lowest BCUT2D eigenvalue weighted by molar-refractivity contribution is 0.0968. The Balaban J connectivity index is 1.46. The van der Waals surface area contributed by atoms with Gasteiger partial charge in [-0.1, -0.05) is 36.4 Å². The van der Waals surface area contributed by atoms with Gasteiger partial charge in [-0.25, -0.2) is 4.98 Å². The first-order valence-corrected chi connectivity index (χ1v) is 9.02. The number of hydrogen-bond acceptors (Lipinski definition) is 3. The van der Waals surface area contributed by atoms with Crippen LogP contribution in [-0.4, -0.2) is 39.1 Å². The average molecular weight is 335 g/mol. The first-order valence-electron chi connectivity index (χ1n) is 9.02. The fourth-order valence-electron chi connectivity index (χ4n) is 3.93. The number of piperidine rings is 1. The number of imidazole rings is 1. The summed E-state index contributed by atoms with van der Waals surface area (Å²) in [4.78, 5) is 7.18. The van der Waals surface area contributed by atoms with E-state index in [1.54, 1.807) is 0 Å². The van der Waals surface area contributed by atoms with E-state index in [1.165, 1.54) is 11.1 Å². The van der Waals surface area contributed by atoms with Crippen LogP contribution in [0, 0.1) is 6.92 Å². The van der Waals surface area contributed by atoms with Crippen molar-refractivity contribution in [3.05, 3.63) is 71.7 Å². The van der Waals surface area contributed by atoms with E-state index < -0.39 is 0 Å². The number of aliphatic hydroxyl groups excluding tert-OH is 1. The lowest BCUT2D eigenvalue weighted by atomic mass is 9.73. The summed E-state index contributed by atoms with van der Waals surface area (Å²) in [5.74, 6) is 0. The van der Waals surface area contributed by atoms with E-state index >= 15 is 0 Å². The molecule has 3 heterocycles. The Morgan fingerprint density at radius 3 is 2.52 bits per heavy atom. The van der Waals surface area contributed by atoms with Crippen molar-refractivity contribution >= 4 is 5.65 Å². The summed E-state index contributed by atoms with van der Waals surface area (Å²) in [6.45, 7) is 5.17. The number of aromatic nitrogens is 2. The first kappa shape index (κ1) is 16.3. The van der Waals surface area contributed by atoms with Gasteiger partial charge in [0.2, 0.25) is 0 Å². The number of hydrogen-bond donors (Lipinski definition) is 1. The number of rotatable bonds is 4. The Bertz CT molecular complexity index is 848. The van der Waals surface area contributed by atoms with Crippen molar-refractivity contribution in [2.45, 2.75) is 31.7 Å². The standard InChI is InChI=1S/C21H25N3O/c1-17-7-8-20-22-19(15-24(20)13-17)14-23-11-9-21(16-25,10-12-23)18-5-3-2-4-6-18/h2-8,13,15,25H,9-12,14,16H2,1H3. The molecule has 1 N–H and O–H groups in total. The number of fused-ring (bicyclic) bond motifs is 1. The fourth-order valence-corrected chi connectivity index (χ4v) is 3.93. The molecule has 0 bridgehead atoms. The molecule has 4 rings (SSSR count). The molecule has 4 heteroatoms. The number of pyridine rings is 1. The molecule has 0 spiro atoms. The minimum Gasteiger partial charge on any atom is -0.395 e. The van der Waals surface area contributed by atoms with Crippen LogP contribution >= 0.6 is 0 Å². The van der Waals surface area contributed by atoms with Gasteiger partial charge in [0, 0.05) is 24.4 Å². The molecule has 3 aromatic rings. The molecule has 2 aromatic heterocycles. The summed E-state index contributed by atoms with van der Waals surface area (Å²) in [6, 6.07) is 14.6. The molecule has 1 aliphatic rings. The zero-order valence-corrected chi connectivity index (χ0v) is 14.7. The first-order chi connectivity index (χ1) is 12.2. The summed E-state index contributed by atoms with van der Waals surface area (Å²) in [5, 5.41) is 10.1. The number of benzene rings is 1. The fraction of sp³-hybridized carbons (Fsp3) is 0.381. The van der Waals surface area contributed by atoms with Crippen LogP contribution in [0.1, 0.15) is 29.7 Å². The molecule has 1 fully saturated rings. The van der Waals surface area contributed by atoms with Crippen molar-refractivity contribution < 1.29 is 5.11 Å². The van der Waals surface area contributed by atoms with Gasteiger partial charge in [-0.3, -0.25) is 4.90 Å². The summed E-state index contributed by atoms with van der Waals surface area (Å²) in [5.41, 5.74) is 4.53. The molecular formula is C21H25N3O. The van der Waals surface area contributed by atoms with E-state index in [9.17, 15) is 5.11 Å². The second kappa shape index (κ2) is 6.62. The number of likely N-dealkylation sites (tertiary alicyclic amines) is 1. The highest BCUT2D eigenvalue weighted by atomic mass is 16.3. The molecule has 25 heavy (non-hydrogen) atoms. The van der Waals surface area contributed by atoms with Gasteiger partial charge in [0.1, 0.15) is 5.65 Å². The normalized spacial score (nSPS) is 17.8. The maximum atomic E-state index is 10.1. The Kier molecular flexibility index (Phi) is 4.32. The summed E-state index contributed by atoms with van der Waals surface area (Å²) in [6.07, 6.45) is 6.22.